The molecule has 2 aromatic heterocycles. The molecule has 0 radical (unpaired) electrons. The predicted octanol–water partition coefficient (Wildman–Crippen LogP) is 11.3. The van der Waals surface area contributed by atoms with E-state index >= 15 is 0 Å². The van der Waals surface area contributed by atoms with Crippen LogP contribution < -0.4 is 0 Å². The second-order valence-corrected chi connectivity index (χ2v) is 14.0. The molecule has 0 fully saturated rings. The van der Waals surface area contributed by atoms with E-state index in [0.717, 1.165) is 27.3 Å². The van der Waals surface area contributed by atoms with Crippen molar-refractivity contribution >= 4 is 43.4 Å². The van der Waals surface area contributed by atoms with Crippen LogP contribution in [0.4, 0.5) is 0 Å². The number of fused-ring (bicyclic) bond motifs is 14. The highest BCUT2D eigenvalue weighted by molar-refractivity contribution is 7.21. The summed E-state index contributed by atoms with van der Waals surface area (Å²) in [5.41, 5.74) is 15.6. The summed E-state index contributed by atoms with van der Waals surface area (Å²) in [7, 11) is 0. The molecule has 226 valence electrons. The van der Waals surface area contributed by atoms with Gasteiger partial charge in [0.2, 0.25) is 0 Å². The van der Waals surface area contributed by atoms with Crippen LogP contribution in [0, 0.1) is 11.3 Å². The fraction of sp³-hybridized carbons (Fsp3) is 0.0222. The van der Waals surface area contributed by atoms with Gasteiger partial charge in [-0.05, 0) is 87.0 Å². The zero-order chi connectivity index (χ0) is 32.3. The van der Waals surface area contributed by atoms with Gasteiger partial charge in [-0.2, -0.15) is 5.26 Å². The number of aromatic nitrogens is 2. The van der Waals surface area contributed by atoms with Gasteiger partial charge in [0.25, 0.3) is 0 Å². The van der Waals surface area contributed by atoms with Crippen LogP contribution in [0.1, 0.15) is 27.8 Å². The summed E-state index contributed by atoms with van der Waals surface area (Å²) in [6, 6.07) is 57.0. The molecule has 0 N–H and O–H groups in total. The summed E-state index contributed by atoms with van der Waals surface area (Å²) in [5.74, 6) is 0. The average Bonchev–Trinajstić information content (AvgIpc) is 3.89. The Kier molecular flexibility index (Phi) is 5.26. The smallest absolute Gasteiger partial charge is 0.124 e. The maximum atomic E-state index is 10.1. The highest BCUT2D eigenvalue weighted by Crippen LogP contribution is 2.63. The van der Waals surface area contributed by atoms with Crippen molar-refractivity contribution in [2.75, 3.05) is 0 Å². The molecule has 49 heavy (non-hydrogen) atoms. The molecular formula is C45H25N3S. The van der Waals surface area contributed by atoms with Crippen molar-refractivity contribution in [3.8, 4) is 44.6 Å². The molecule has 0 bridgehead atoms. The van der Waals surface area contributed by atoms with Crippen LogP contribution in [0.25, 0.3) is 70.5 Å². The molecule has 1 spiro atoms. The van der Waals surface area contributed by atoms with Crippen molar-refractivity contribution in [1.82, 2.24) is 9.55 Å². The summed E-state index contributed by atoms with van der Waals surface area (Å²) in [6.07, 6.45) is 0. The SMILES string of the molecule is N#Cc1ccc2c(c1)C1(c3ccccc3-2)c2ccccc2-c2ccc(-n3c4ccccc4c4cc5sc(-c6ccccc6)nc5cc43)cc21. The first-order chi connectivity index (χ1) is 24.2. The van der Waals surface area contributed by atoms with E-state index in [9.17, 15) is 5.26 Å². The third-order valence-corrected chi connectivity index (χ3v) is 11.7. The molecule has 9 aromatic rings. The lowest BCUT2D eigenvalue weighted by atomic mass is 9.70. The Morgan fingerprint density at radius 1 is 0.551 bits per heavy atom. The van der Waals surface area contributed by atoms with Crippen molar-refractivity contribution in [3.63, 3.8) is 0 Å². The Labute approximate surface area is 286 Å². The molecule has 2 aliphatic rings. The number of nitriles is 1. The van der Waals surface area contributed by atoms with Crippen LogP contribution in [0.3, 0.4) is 0 Å². The van der Waals surface area contributed by atoms with Crippen molar-refractivity contribution in [1.29, 1.82) is 5.26 Å². The number of hydrogen-bond donors (Lipinski definition) is 0. The maximum Gasteiger partial charge on any atom is 0.124 e. The summed E-state index contributed by atoms with van der Waals surface area (Å²) in [6.45, 7) is 0. The average molecular weight is 640 g/mol. The van der Waals surface area contributed by atoms with E-state index in [-0.39, 0.29) is 0 Å². The van der Waals surface area contributed by atoms with Gasteiger partial charge in [-0.25, -0.2) is 4.98 Å². The van der Waals surface area contributed by atoms with Crippen molar-refractivity contribution in [3.05, 3.63) is 179 Å². The van der Waals surface area contributed by atoms with Crippen LogP contribution in [-0.4, -0.2) is 9.55 Å². The molecule has 0 saturated carbocycles. The first-order valence-electron chi connectivity index (χ1n) is 16.5. The van der Waals surface area contributed by atoms with Gasteiger partial charge < -0.3 is 4.57 Å². The van der Waals surface area contributed by atoms with Crippen molar-refractivity contribution in [2.45, 2.75) is 5.41 Å². The highest BCUT2D eigenvalue weighted by atomic mass is 32.1. The predicted molar refractivity (Wildman–Crippen MR) is 200 cm³/mol. The zero-order valence-corrected chi connectivity index (χ0v) is 27.0. The molecule has 0 amide bonds. The number of para-hydroxylation sites is 1. The lowest BCUT2D eigenvalue weighted by Crippen LogP contribution is -2.26. The summed E-state index contributed by atoms with van der Waals surface area (Å²) in [5, 5.41) is 13.5. The Hall–Kier alpha value is -6.28. The monoisotopic (exact) mass is 639 g/mol. The van der Waals surface area contributed by atoms with Gasteiger partial charge in [0.05, 0.1) is 38.3 Å². The Bertz CT molecular complexity index is 2890. The summed E-state index contributed by atoms with van der Waals surface area (Å²) < 4.78 is 3.60. The topological polar surface area (TPSA) is 41.6 Å². The summed E-state index contributed by atoms with van der Waals surface area (Å²) in [4.78, 5) is 5.13. The minimum Gasteiger partial charge on any atom is -0.309 e. The van der Waals surface area contributed by atoms with Gasteiger partial charge in [-0.15, -0.1) is 11.3 Å². The Morgan fingerprint density at radius 3 is 1.98 bits per heavy atom. The second-order valence-electron chi connectivity index (χ2n) is 13.0. The standard InChI is InChI=1S/C45H25N3S/c46-26-27-18-20-32-30-12-4-7-15-36(30)45(38(32)22-27)37-16-8-5-13-31(37)33-21-19-29(23-39(33)45)48-41-17-9-6-14-34(41)35-24-43-40(25-42(35)48)47-44(49-43)28-10-2-1-3-11-28/h1-25H. The fourth-order valence-corrected chi connectivity index (χ4v) is 9.70. The molecular weight excluding hydrogens is 615 g/mol. The van der Waals surface area contributed by atoms with Crippen molar-refractivity contribution < 1.29 is 0 Å². The maximum absolute atomic E-state index is 10.1. The van der Waals surface area contributed by atoms with Crippen LogP contribution in [-0.2, 0) is 5.41 Å². The molecule has 2 heterocycles. The lowest BCUT2D eigenvalue weighted by molar-refractivity contribution is 0.792. The molecule has 0 saturated heterocycles. The first-order valence-corrected chi connectivity index (χ1v) is 17.3. The molecule has 1 unspecified atom stereocenters. The number of rotatable bonds is 2. The number of thiazole rings is 1. The second kappa shape index (κ2) is 9.64. The van der Waals surface area contributed by atoms with Crippen LogP contribution in [0.5, 0.6) is 0 Å². The van der Waals surface area contributed by atoms with Gasteiger partial charge in [0.1, 0.15) is 5.01 Å². The van der Waals surface area contributed by atoms with Gasteiger partial charge in [0, 0.05) is 22.0 Å². The van der Waals surface area contributed by atoms with E-state index in [1.54, 1.807) is 11.3 Å². The third-order valence-electron chi connectivity index (χ3n) is 10.7. The van der Waals surface area contributed by atoms with Crippen LogP contribution in [0.15, 0.2) is 152 Å². The molecule has 3 nitrogen and oxygen atoms in total. The van der Waals surface area contributed by atoms with Gasteiger partial charge in [0.15, 0.2) is 0 Å². The Balaban J connectivity index is 1.22. The lowest BCUT2D eigenvalue weighted by Gasteiger charge is -2.31. The molecule has 11 rings (SSSR count). The molecule has 7 aromatic carbocycles. The van der Waals surface area contributed by atoms with Crippen molar-refractivity contribution in [2.24, 2.45) is 0 Å². The van der Waals surface area contributed by atoms with Crippen LogP contribution in [0.2, 0.25) is 0 Å². The van der Waals surface area contributed by atoms with E-state index in [1.165, 1.54) is 65.5 Å². The minimum absolute atomic E-state index is 0.535. The number of benzene rings is 7. The van der Waals surface area contributed by atoms with E-state index in [2.05, 4.69) is 150 Å². The zero-order valence-electron chi connectivity index (χ0n) is 26.2. The Morgan fingerprint density at radius 2 is 1.20 bits per heavy atom. The molecule has 1 atom stereocenters. The normalized spacial score (nSPS) is 15.4. The highest BCUT2D eigenvalue weighted by Gasteiger charge is 2.51. The molecule has 0 aliphatic heterocycles. The van der Waals surface area contributed by atoms with Gasteiger partial charge in [-0.1, -0.05) is 109 Å². The van der Waals surface area contributed by atoms with Crippen LogP contribution >= 0.6 is 11.3 Å². The number of hydrogen-bond acceptors (Lipinski definition) is 3. The van der Waals surface area contributed by atoms with E-state index < -0.39 is 5.41 Å². The molecule has 4 heteroatoms. The summed E-state index contributed by atoms with van der Waals surface area (Å²) >= 11 is 1.75. The third kappa shape index (κ3) is 3.42. The van der Waals surface area contributed by atoms with E-state index in [1.807, 2.05) is 12.1 Å². The van der Waals surface area contributed by atoms with Gasteiger partial charge >= 0.3 is 0 Å². The van der Waals surface area contributed by atoms with E-state index in [0.29, 0.717) is 5.56 Å². The number of nitrogens with zero attached hydrogens (tertiary/aromatic N) is 3. The van der Waals surface area contributed by atoms with E-state index in [4.69, 9.17) is 4.98 Å². The quantitative estimate of drug-likeness (QED) is 0.189. The first kappa shape index (κ1) is 26.8. The molecule has 2 aliphatic carbocycles. The minimum atomic E-state index is -0.535. The fourth-order valence-electron chi connectivity index (χ4n) is 8.71. The largest absolute Gasteiger partial charge is 0.309 e. The van der Waals surface area contributed by atoms with Gasteiger partial charge in [-0.3, -0.25) is 0 Å².